The first-order valence-corrected chi connectivity index (χ1v) is 7.16. The van der Waals surface area contributed by atoms with Gasteiger partial charge in [0.25, 0.3) is 0 Å². The van der Waals surface area contributed by atoms with E-state index in [-0.39, 0.29) is 0 Å². The van der Waals surface area contributed by atoms with E-state index in [9.17, 15) is 13.2 Å². The molecule has 0 radical (unpaired) electrons. The Kier molecular flexibility index (Phi) is 3.98. The summed E-state index contributed by atoms with van der Waals surface area (Å²) in [6.07, 6.45) is 0. The topological polar surface area (TPSA) is 89.0 Å². The Hall–Kier alpha value is -1.02. The average molecular weight is 263 g/mol. The van der Waals surface area contributed by atoms with E-state index >= 15 is 0 Å². The normalized spacial score (nSPS) is 11.8. The molecule has 0 saturated carbocycles. The zero-order valence-corrected chi connectivity index (χ0v) is 10.9. The van der Waals surface area contributed by atoms with E-state index < -0.39 is 26.7 Å². The second-order valence-corrected chi connectivity index (χ2v) is 7.27. The SMILES string of the molecule is Cc1nnc(NC(=O)CS(=O)(=O)C(C)C)s1. The van der Waals surface area contributed by atoms with Gasteiger partial charge in [-0.2, -0.15) is 0 Å². The number of sulfone groups is 1. The lowest BCUT2D eigenvalue weighted by Gasteiger charge is -2.06. The predicted molar refractivity (Wildman–Crippen MR) is 62.2 cm³/mol. The van der Waals surface area contributed by atoms with E-state index in [0.717, 1.165) is 0 Å². The van der Waals surface area contributed by atoms with Crippen LogP contribution in [0.3, 0.4) is 0 Å². The number of hydrogen-bond acceptors (Lipinski definition) is 6. The van der Waals surface area contributed by atoms with Gasteiger partial charge >= 0.3 is 0 Å². The van der Waals surface area contributed by atoms with Gasteiger partial charge in [-0.3, -0.25) is 10.1 Å². The van der Waals surface area contributed by atoms with Crippen molar-refractivity contribution in [1.82, 2.24) is 10.2 Å². The van der Waals surface area contributed by atoms with Gasteiger partial charge in [0.15, 0.2) is 9.84 Å². The quantitative estimate of drug-likeness (QED) is 0.859. The summed E-state index contributed by atoms with van der Waals surface area (Å²) in [7, 11) is -3.37. The highest BCUT2D eigenvalue weighted by molar-refractivity contribution is 7.92. The van der Waals surface area contributed by atoms with Crippen molar-refractivity contribution in [3.05, 3.63) is 5.01 Å². The maximum absolute atomic E-state index is 11.4. The molecule has 1 N–H and O–H groups in total. The molecule has 1 rings (SSSR count). The van der Waals surface area contributed by atoms with Crippen LogP contribution in [0.2, 0.25) is 0 Å². The van der Waals surface area contributed by atoms with E-state index in [4.69, 9.17) is 0 Å². The van der Waals surface area contributed by atoms with E-state index in [1.54, 1.807) is 6.92 Å². The van der Waals surface area contributed by atoms with Gasteiger partial charge in [-0.05, 0) is 20.8 Å². The molecular formula is C8H13N3O3S2. The number of carbonyl (C=O) groups excluding carboxylic acids is 1. The van der Waals surface area contributed by atoms with Gasteiger partial charge in [0.2, 0.25) is 11.0 Å². The van der Waals surface area contributed by atoms with Crippen LogP contribution < -0.4 is 5.32 Å². The van der Waals surface area contributed by atoms with Crippen molar-refractivity contribution in [1.29, 1.82) is 0 Å². The highest BCUT2D eigenvalue weighted by atomic mass is 32.2. The summed E-state index contributed by atoms with van der Waals surface area (Å²) >= 11 is 1.20. The molecule has 90 valence electrons. The van der Waals surface area contributed by atoms with Gasteiger partial charge < -0.3 is 0 Å². The number of carbonyl (C=O) groups is 1. The largest absolute Gasteiger partial charge is 0.300 e. The number of aromatic nitrogens is 2. The summed E-state index contributed by atoms with van der Waals surface area (Å²) < 4.78 is 22.9. The van der Waals surface area contributed by atoms with Crippen molar-refractivity contribution in [2.24, 2.45) is 0 Å². The third-order valence-corrected chi connectivity index (χ3v) is 4.68. The maximum Gasteiger partial charge on any atom is 0.241 e. The Morgan fingerprint density at radius 1 is 1.44 bits per heavy atom. The number of amides is 1. The summed E-state index contributed by atoms with van der Waals surface area (Å²) in [6.45, 7) is 4.83. The Bertz CT molecular complexity index is 478. The van der Waals surface area contributed by atoms with Crippen molar-refractivity contribution in [3.63, 3.8) is 0 Å². The first-order valence-electron chi connectivity index (χ1n) is 4.63. The fourth-order valence-electron chi connectivity index (χ4n) is 0.852. The Labute approximate surface area is 98.0 Å². The number of nitrogens with zero attached hydrogens (tertiary/aromatic N) is 2. The first kappa shape index (κ1) is 13.0. The standard InChI is InChI=1S/C8H13N3O3S2/c1-5(2)16(13,14)4-7(12)9-8-11-10-6(3)15-8/h5H,4H2,1-3H3,(H,9,11,12). The molecule has 0 unspecified atom stereocenters. The number of aryl methyl sites for hydroxylation is 1. The molecule has 0 aliphatic heterocycles. The maximum atomic E-state index is 11.4. The van der Waals surface area contributed by atoms with Crippen LogP contribution in [0.15, 0.2) is 0 Å². The minimum Gasteiger partial charge on any atom is -0.300 e. The lowest BCUT2D eigenvalue weighted by atomic mass is 10.6. The molecule has 1 aromatic rings. The van der Waals surface area contributed by atoms with Gasteiger partial charge in [-0.15, -0.1) is 10.2 Å². The van der Waals surface area contributed by atoms with Crippen LogP contribution in [0.25, 0.3) is 0 Å². The third kappa shape index (κ3) is 3.53. The van der Waals surface area contributed by atoms with Gasteiger partial charge in [-0.1, -0.05) is 11.3 Å². The molecule has 1 aromatic heterocycles. The molecule has 6 nitrogen and oxygen atoms in total. The van der Waals surface area contributed by atoms with Crippen molar-refractivity contribution >= 4 is 32.2 Å². The molecule has 0 fully saturated rings. The van der Waals surface area contributed by atoms with Crippen LogP contribution in [-0.2, 0) is 14.6 Å². The lowest BCUT2D eigenvalue weighted by Crippen LogP contribution is -2.27. The number of hydrogen-bond donors (Lipinski definition) is 1. The Morgan fingerprint density at radius 3 is 2.50 bits per heavy atom. The molecule has 0 aromatic carbocycles. The lowest BCUT2D eigenvalue weighted by molar-refractivity contribution is -0.113. The summed E-state index contributed by atoms with van der Waals surface area (Å²) in [6, 6.07) is 0. The minimum absolute atomic E-state index is 0.321. The number of rotatable bonds is 4. The van der Waals surface area contributed by atoms with Crippen molar-refractivity contribution < 1.29 is 13.2 Å². The van der Waals surface area contributed by atoms with Gasteiger partial charge in [-0.25, -0.2) is 8.42 Å². The zero-order chi connectivity index (χ0) is 12.3. The van der Waals surface area contributed by atoms with Crippen molar-refractivity contribution in [3.8, 4) is 0 Å². The molecule has 8 heteroatoms. The second-order valence-electron chi connectivity index (χ2n) is 3.53. The minimum atomic E-state index is -3.37. The first-order chi connectivity index (χ1) is 7.31. The molecule has 0 atom stereocenters. The smallest absolute Gasteiger partial charge is 0.241 e. The summed E-state index contributed by atoms with van der Waals surface area (Å²) in [4.78, 5) is 11.4. The van der Waals surface area contributed by atoms with Gasteiger partial charge in [0.1, 0.15) is 10.8 Å². The molecule has 0 saturated heterocycles. The fraction of sp³-hybridized carbons (Fsp3) is 0.625. The van der Waals surface area contributed by atoms with Crippen LogP contribution >= 0.6 is 11.3 Å². The number of anilines is 1. The number of nitrogens with one attached hydrogen (secondary N) is 1. The highest BCUT2D eigenvalue weighted by Gasteiger charge is 2.21. The van der Waals surface area contributed by atoms with Crippen LogP contribution in [0.5, 0.6) is 0 Å². The monoisotopic (exact) mass is 263 g/mol. The molecular weight excluding hydrogens is 250 g/mol. The van der Waals surface area contributed by atoms with Crippen LogP contribution in [0.4, 0.5) is 5.13 Å². The Balaban J connectivity index is 2.62. The van der Waals surface area contributed by atoms with E-state index in [1.807, 2.05) is 0 Å². The van der Waals surface area contributed by atoms with E-state index in [2.05, 4.69) is 15.5 Å². The average Bonchev–Trinajstić information content (AvgIpc) is 2.49. The zero-order valence-electron chi connectivity index (χ0n) is 9.22. The van der Waals surface area contributed by atoms with Crippen LogP contribution in [0, 0.1) is 6.92 Å². The third-order valence-electron chi connectivity index (χ3n) is 1.82. The molecule has 0 spiro atoms. The van der Waals surface area contributed by atoms with Crippen molar-refractivity contribution in [2.75, 3.05) is 11.1 Å². The summed E-state index contributed by atoms with van der Waals surface area (Å²) in [5.74, 6) is -1.10. The molecule has 0 aliphatic rings. The van der Waals surface area contributed by atoms with Crippen molar-refractivity contribution in [2.45, 2.75) is 26.0 Å². The van der Waals surface area contributed by atoms with E-state index in [0.29, 0.717) is 10.1 Å². The van der Waals surface area contributed by atoms with Gasteiger partial charge in [0.05, 0.1) is 5.25 Å². The summed E-state index contributed by atoms with van der Waals surface area (Å²) in [5.41, 5.74) is 0. The molecule has 1 heterocycles. The molecule has 0 aliphatic carbocycles. The van der Waals surface area contributed by atoms with Gasteiger partial charge in [0, 0.05) is 0 Å². The fourth-order valence-corrected chi connectivity index (χ4v) is 2.23. The molecule has 0 bridgehead atoms. The van der Waals surface area contributed by atoms with Crippen LogP contribution in [-0.4, -0.2) is 35.5 Å². The van der Waals surface area contributed by atoms with Crippen LogP contribution in [0.1, 0.15) is 18.9 Å². The van der Waals surface area contributed by atoms with E-state index in [1.165, 1.54) is 25.2 Å². The Morgan fingerprint density at radius 2 is 2.06 bits per heavy atom. The predicted octanol–water partition coefficient (Wildman–Crippen LogP) is 0.608. The summed E-state index contributed by atoms with van der Waals surface area (Å²) in [5, 5.41) is 10.2. The molecule has 16 heavy (non-hydrogen) atoms. The second kappa shape index (κ2) is 4.88. The molecule has 1 amide bonds. The highest BCUT2D eigenvalue weighted by Crippen LogP contribution is 2.13.